The molecule has 0 spiro atoms. The molecule has 1 heterocycles. The summed E-state index contributed by atoms with van der Waals surface area (Å²) in [5.41, 5.74) is 0. The fourth-order valence-corrected chi connectivity index (χ4v) is 2.56. The van der Waals surface area contributed by atoms with Gasteiger partial charge in [0, 0.05) is 44.2 Å². The summed E-state index contributed by atoms with van der Waals surface area (Å²) in [5.74, 6) is 0. The highest BCUT2D eigenvalue weighted by molar-refractivity contribution is 7.09. The molecule has 0 atom stereocenters. The Kier molecular flexibility index (Phi) is 8.25. The highest BCUT2D eigenvalue weighted by Crippen LogP contribution is 2.07. The number of hydrogen-bond donors (Lipinski definition) is 1. The molecule has 1 aromatic heterocycles. The molecule has 0 saturated heterocycles. The van der Waals surface area contributed by atoms with Gasteiger partial charge in [-0.1, -0.05) is 6.07 Å². The first kappa shape index (κ1) is 15.6. The fraction of sp³-hybridized carbons (Fsp3) is 0.714. The fourth-order valence-electron chi connectivity index (χ4n) is 1.85. The van der Waals surface area contributed by atoms with Crippen molar-refractivity contribution in [2.24, 2.45) is 0 Å². The first-order valence-corrected chi connectivity index (χ1v) is 7.58. The van der Waals surface area contributed by atoms with Gasteiger partial charge in [-0.15, -0.1) is 11.3 Å². The Morgan fingerprint density at radius 2 is 2.17 bits per heavy atom. The van der Waals surface area contributed by atoms with E-state index in [2.05, 4.69) is 41.6 Å². The summed E-state index contributed by atoms with van der Waals surface area (Å²) in [6, 6.07) is 4.90. The number of thiophene rings is 1. The normalized spacial score (nSPS) is 11.6. The second-order valence-corrected chi connectivity index (χ2v) is 5.73. The van der Waals surface area contributed by atoms with Crippen molar-refractivity contribution in [2.45, 2.75) is 26.3 Å². The Balaban J connectivity index is 2.07. The van der Waals surface area contributed by atoms with Crippen LogP contribution in [0.1, 0.15) is 18.7 Å². The summed E-state index contributed by atoms with van der Waals surface area (Å²) in [4.78, 5) is 3.91. The van der Waals surface area contributed by atoms with E-state index in [0.717, 1.165) is 39.2 Å². The maximum absolute atomic E-state index is 5.14. The predicted octanol–water partition coefficient (Wildman–Crippen LogP) is 2.24. The van der Waals surface area contributed by atoms with Gasteiger partial charge in [-0.05, 0) is 31.7 Å². The molecule has 0 aliphatic rings. The third-order valence-electron chi connectivity index (χ3n) is 3.02. The minimum absolute atomic E-state index is 0.583. The number of rotatable bonds is 10. The van der Waals surface area contributed by atoms with Crippen LogP contribution in [0.3, 0.4) is 0 Å². The molecule has 1 rings (SSSR count). The minimum Gasteiger partial charge on any atom is -0.383 e. The molecular weight excluding hydrogens is 244 g/mol. The van der Waals surface area contributed by atoms with E-state index in [9.17, 15) is 0 Å². The van der Waals surface area contributed by atoms with E-state index in [-0.39, 0.29) is 0 Å². The summed E-state index contributed by atoms with van der Waals surface area (Å²) < 4.78 is 5.14. The van der Waals surface area contributed by atoms with Crippen molar-refractivity contribution < 1.29 is 4.74 Å². The maximum Gasteiger partial charge on any atom is 0.0589 e. The molecule has 0 fully saturated rings. The van der Waals surface area contributed by atoms with Crippen LogP contribution in [0.4, 0.5) is 0 Å². The van der Waals surface area contributed by atoms with E-state index in [4.69, 9.17) is 4.74 Å². The van der Waals surface area contributed by atoms with Crippen molar-refractivity contribution in [2.75, 3.05) is 39.9 Å². The summed E-state index contributed by atoms with van der Waals surface area (Å²) in [6.07, 6.45) is 1.14. The maximum atomic E-state index is 5.14. The quantitative estimate of drug-likeness (QED) is 0.660. The van der Waals surface area contributed by atoms with Crippen LogP contribution in [0.5, 0.6) is 0 Å². The smallest absolute Gasteiger partial charge is 0.0589 e. The lowest BCUT2D eigenvalue weighted by Crippen LogP contribution is -2.39. The van der Waals surface area contributed by atoms with Crippen LogP contribution < -0.4 is 5.32 Å². The summed E-state index contributed by atoms with van der Waals surface area (Å²) in [6.45, 7) is 9.51. The van der Waals surface area contributed by atoms with Gasteiger partial charge in [0.1, 0.15) is 0 Å². The van der Waals surface area contributed by atoms with Gasteiger partial charge in [0.2, 0.25) is 0 Å². The van der Waals surface area contributed by atoms with E-state index < -0.39 is 0 Å². The number of nitrogens with one attached hydrogen (secondary N) is 1. The Morgan fingerprint density at radius 3 is 2.78 bits per heavy atom. The molecule has 0 radical (unpaired) electrons. The molecule has 0 amide bonds. The lowest BCUT2D eigenvalue weighted by Gasteiger charge is -2.26. The Hall–Kier alpha value is -0.420. The zero-order valence-electron chi connectivity index (χ0n) is 11.8. The molecule has 0 aliphatic carbocycles. The SMILES string of the molecule is COCCN(CCNCCc1cccs1)C(C)C. The van der Waals surface area contributed by atoms with Gasteiger partial charge in [0.05, 0.1) is 6.61 Å². The molecule has 0 saturated carbocycles. The van der Waals surface area contributed by atoms with Crippen molar-refractivity contribution in [3.8, 4) is 0 Å². The zero-order chi connectivity index (χ0) is 13.2. The van der Waals surface area contributed by atoms with Gasteiger partial charge in [0.25, 0.3) is 0 Å². The molecule has 1 N–H and O–H groups in total. The Bertz CT molecular complexity index is 288. The molecule has 104 valence electrons. The zero-order valence-corrected chi connectivity index (χ0v) is 12.6. The van der Waals surface area contributed by atoms with Crippen molar-refractivity contribution in [1.82, 2.24) is 10.2 Å². The molecule has 0 aromatic carbocycles. The largest absolute Gasteiger partial charge is 0.383 e. The van der Waals surface area contributed by atoms with E-state index >= 15 is 0 Å². The molecule has 4 heteroatoms. The Morgan fingerprint density at radius 1 is 1.33 bits per heavy atom. The van der Waals surface area contributed by atoms with Crippen LogP contribution in [0.25, 0.3) is 0 Å². The summed E-state index contributed by atoms with van der Waals surface area (Å²) in [5, 5.41) is 5.65. The van der Waals surface area contributed by atoms with Crippen LogP contribution in [-0.2, 0) is 11.2 Å². The monoisotopic (exact) mass is 270 g/mol. The molecule has 0 aliphatic heterocycles. The van der Waals surface area contributed by atoms with Gasteiger partial charge >= 0.3 is 0 Å². The number of nitrogens with zero attached hydrogens (tertiary/aromatic N) is 1. The van der Waals surface area contributed by atoms with Crippen molar-refractivity contribution in [3.63, 3.8) is 0 Å². The lowest BCUT2D eigenvalue weighted by molar-refractivity contribution is 0.130. The third-order valence-corrected chi connectivity index (χ3v) is 3.95. The third kappa shape index (κ3) is 6.50. The van der Waals surface area contributed by atoms with E-state index in [1.54, 1.807) is 7.11 Å². The number of ether oxygens (including phenoxy) is 1. The Labute approximate surface area is 115 Å². The standard InChI is InChI=1S/C14H26N2OS/c1-13(2)16(10-11-17-3)9-8-15-7-6-14-5-4-12-18-14/h4-5,12-13,15H,6-11H2,1-3H3. The van der Waals surface area contributed by atoms with Gasteiger partial charge in [0.15, 0.2) is 0 Å². The number of methoxy groups -OCH3 is 1. The van der Waals surface area contributed by atoms with Crippen LogP contribution in [0.15, 0.2) is 17.5 Å². The number of hydrogen-bond acceptors (Lipinski definition) is 4. The van der Waals surface area contributed by atoms with Crippen LogP contribution in [0, 0.1) is 0 Å². The van der Waals surface area contributed by atoms with Crippen LogP contribution in [0.2, 0.25) is 0 Å². The van der Waals surface area contributed by atoms with Gasteiger partial charge in [-0.2, -0.15) is 0 Å². The molecule has 0 unspecified atom stereocenters. The second-order valence-electron chi connectivity index (χ2n) is 4.70. The van der Waals surface area contributed by atoms with Crippen LogP contribution in [-0.4, -0.2) is 50.8 Å². The molecule has 1 aromatic rings. The first-order chi connectivity index (χ1) is 8.74. The molecule has 0 bridgehead atoms. The lowest BCUT2D eigenvalue weighted by atomic mass is 10.3. The van der Waals surface area contributed by atoms with E-state index in [0.29, 0.717) is 6.04 Å². The topological polar surface area (TPSA) is 24.5 Å². The van der Waals surface area contributed by atoms with Gasteiger partial charge < -0.3 is 10.1 Å². The van der Waals surface area contributed by atoms with E-state index in [1.807, 2.05) is 11.3 Å². The molecule has 18 heavy (non-hydrogen) atoms. The second kappa shape index (κ2) is 9.50. The molecular formula is C14H26N2OS. The molecule has 3 nitrogen and oxygen atoms in total. The average molecular weight is 270 g/mol. The van der Waals surface area contributed by atoms with Gasteiger partial charge in [-0.3, -0.25) is 4.90 Å². The van der Waals surface area contributed by atoms with Gasteiger partial charge in [-0.25, -0.2) is 0 Å². The average Bonchev–Trinajstić information content (AvgIpc) is 2.85. The van der Waals surface area contributed by atoms with Crippen LogP contribution >= 0.6 is 11.3 Å². The highest BCUT2D eigenvalue weighted by atomic mass is 32.1. The summed E-state index contributed by atoms with van der Waals surface area (Å²) >= 11 is 1.84. The van der Waals surface area contributed by atoms with Crippen molar-refractivity contribution in [1.29, 1.82) is 0 Å². The summed E-state index contributed by atoms with van der Waals surface area (Å²) in [7, 11) is 1.76. The van der Waals surface area contributed by atoms with E-state index in [1.165, 1.54) is 4.88 Å². The van der Waals surface area contributed by atoms with Crippen molar-refractivity contribution >= 4 is 11.3 Å². The van der Waals surface area contributed by atoms with Crippen molar-refractivity contribution in [3.05, 3.63) is 22.4 Å². The minimum atomic E-state index is 0.583. The predicted molar refractivity (Wildman–Crippen MR) is 79.5 cm³/mol. The highest BCUT2D eigenvalue weighted by Gasteiger charge is 2.07. The first-order valence-electron chi connectivity index (χ1n) is 6.70.